The molecular weight excluding hydrogens is 218 g/mol. The van der Waals surface area contributed by atoms with Crippen LogP contribution in [0.4, 0.5) is 0 Å². The molecule has 0 aromatic heterocycles. The molecule has 0 aliphatic heterocycles. The van der Waals surface area contributed by atoms with Gasteiger partial charge in [-0.1, -0.05) is 54.1 Å². The van der Waals surface area contributed by atoms with Crippen LogP contribution in [0.3, 0.4) is 0 Å². The molecule has 0 bridgehead atoms. The van der Waals surface area contributed by atoms with Gasteiger partial charge in [0.2, 0.25) is 0 Å². The number of hydrogen-bond acceptors (Lipinski definition) is 1. The van der Waals surface area contributed by atoms with E-state index in [1.54, 1.807) is 0 Å². The van der Waals surface area contributed by atoms with E-state index >= 15 is 0 Å². The molecule has 78 valence electrons. The molecule has 0 heterocycles. The Balaban J connectivity index is 2.38. The van der Waals surface area contributed by atoms with Gasteiger partial charge < -0.3 is 0 Å². The Morgan fingerprint density at radius 1 is 0.875 bits per heavy atom. The Morgan fingerprint density at radius 2 is 1.44 bits per heavy atom. The van der Waals surface area contributed by atoms with Gasteiger partial charge in [0, 0.05) is 5.02 Å². The molecule has 0 unspecified atom stereocenters. The Morgan fingerprint density at radius 3 is 2.00 bits per heavy atom. The Kier molecular flexibility index (Phi) is 3.24. The van der Waals surface area contributed by atoms with Gasteiger partial charge in [0.05, 0.1) is 12.0 Å². The standard InChI is InChI=1S/C14H10ClN/c15-13-8-6-12(7-9-13)14(10-16)11-4-2-1-3-5-11/h1-9,14H/t14-/m0/s1. The lowest BCUT2D eigenvalue weighted by atomic mass is 9.93. The quantitative estimate of drug-likeness (QED) is 0.761. The summed E-state index contributed by atoms with van der Waals surface area (Å²) in [7, 11) is 0. The number of nitriles is 1. The van der Waals surface area contributed by atoms with E-state index in [4.69, 9.17) is 11.6 Å². The van der Waals surface area contributed by atoms with Gasteiger partial charge in [0.25, 0.3) is 0 Å². The lowest BCUT2D eigenvalue weighted by Crippen LogP contribution is -1.97. The summed E-state index contributed by atoms with van der Waals surface area (Å²) in [5, 5.41) is 9.91. The first-order valence-electron chi connectivity index (χ1n) is 5.01. The Hall–Kier alpha value is -1.78. The molecule has 0 amide bonds. The van der Waals surface area contributed by atoms with Crippen molar-refractivity contribution in [1.82, 2.24) is 0 Å². The normalized spacial score (nSPS) is 11.8. The Labute approximate surface area is 99.9 Å². The maximum absolute atomic E-state index is 9.22. The van der Waals surface area contributed by atoms with Gasteiger partial charge >= 0.3 is 0 Å². The number of hydrogen-bond donors (Lipinski definition) is 0. The van der Waals surface area contributed by atoms with Crippen LogP contribution in [-0.4, -0.2) is 0 Å². The van der Waals surface area contributed by atoms with Crippen LogP contribution in [0.5, 0.6) is 0 Å². The van der Waals surface area contributed by atoms with Gasteiger partial charge in [-0.25, -0.2) is 0 Å². The molecule has 1 nitrogen and oxygen atoms in total. The van der Waals surface area contributed by atoms with Crippen molar-refractivity contribution in [2.45, 2.75) is 5.92 Å². The molecule has 0 fully saturated rings. The summed E-state index contributed by atoms with van der Waals surface area (Å²) >= 11 is 5.82. The smallest absolute Gasteiger partial charge is 0.0962 e. The molecule has 0 saturated carbocycles. The largest absolute Gasteiger partial charge is 0.197 e. The maximum Gasteiger partial charge on any atom is 0.0962 e. The van der Waals surface area contributed by atoms with Crippen molar-refractivity contribution in [1.29, 1.82) is 5.26 Å². The fourth-order valence-electron chi connectivity index (χ4n) is 1.64. The minimum absolute atomic E-state index is 0.224. The highest BCUT2D eigenvalue weighted by Crippen LogP contribution is 2.24. The molecule has 0 N–H and O–H groups in total. The highest BCUT2D eigenvalue weighted by atomic mass is 35.5. The topological polar surface area (TPSA) is 23.8 Å². The second-order valence-electron chi connectivity index (χ2n) is 3.52. The van der Waals surface area contributed by atoms with E-state index in [2.05, 4.69) is 6.07 Å². The third-order valence-corrected chi connectivity index (χ3v) is 2.72. The molecular formula is C14H10ClN. The van der Waals surface area contributed by atoms with Crippen molar-refractivity contribution in [3.05, 3.63) is 70.7 Å². The average Bonchev–Trinajstić information content (AvgIpc) is 2.34. The van der Waals surface area contributed by atoms with Crippen LogP contribution >= 0.6 is 11.6 Å². The molecule has 0 aliphatic carbocycles. The highest BCUT2D eigenvalue weighted by molar-refractivity contribution is 6.30. The van der Waals surface area contributed by atoms with E-state index in [1.165, 1.54) is 0 Å². The van der Waals surface area contributed by atoms with Crippen molar-refractivity contribution in [2.75, 3.05) is 0 Å². The second kappa shape index (κ2) is 4.83. The zero-order valence-corrected chi connectivity index (χ0v) is 9.35. The van der Waals surface area contributed by atoms with Crippen LogP contribution in [0, 0.1) is 11.3 Å². The lowest BCUT2D eigenvalue weighted by Gasteiger charge is -2.09. The van der Waals surface area contributed by atoms with E-state index in [1.807, 2.05) is 54.6 Å². The minimum atomic E-state index is -0.224. The second-order valence-corrected chi connectivity index (χ2v) is 3.96. The summed E-state index contributed by atoms with van der Waals surface area (Å²) in [6.45, 7) is 0. The highest BCUT2D eigenvalue weighted by Gasteiger charge is 2.12. The first-order chi connectivity index (χ1) is 7.81. The summed E-state index contributed by atoms with van der Waals surface area (Å²) in [5.41, 5.74) is 1.98. The lowest BCUT2D eigenvalue weighted by molar-refractivity contribution is 1.04. The Bertz CT molecular complexity index is 497. The van der Waals surface area contributed by atoms with E-state index in [9.17, 15) is 5.26 Å². The molecule has 2 aromatic carbocycles. The summed E-state index contributed by atoms with van der Waals surface area (Å²) < 4.78 is 0. The number of rotatable bonds is 2. The number of nitrogens with zero attached hydrogens (tertiary/aromatic N) is 1. The van der Waals surface area contributed by atoms with Gasteiger partial charge in [-0.2, -0.15) is 5.26 Å². The molecule has 0 spiro atoms. The van der Waals surface area contributed by atoms with Crippen molar-refractivity contribution in [3.8, 4) is 6.07 Å². The molecule has 1 atom stereocenters. The first kappa shape index (κ1) is 10.7. The van der Waals surface area contributed by atoms with Crippen molar-refractivity contribution < 1.29 is 0 Å². The average molecular weight is 228 g/mol. The summed E-state index contributed by atoms with van der Waals surface area (Å²) in [6, 6.07) is 19.5. The molecule has 2 heteroatoms. The van der Waals surface area contributed by atoms with Crippen LogP contribution in [-0.2, 0) is 0 Å². The zero-order chi connectivity index (χ0) is 11.4. The van der Waals surface area contributed by atoms with E-state index < -0.39 is 0 Å². The van der Waals surface area contributed by atoms with E-state index in [0.29, 0.717) is 5.02 Å². The molecule has 16 heavy (non-hydrogen) atoms. The van der Waals surface area contributed by atoms with Crippen LogP contribution < -0.4 is 0 Å². The third-order valence-electron chi connectivity index (χ3n) is 2.47. The number of benzene rings is 2. The van der Waals surface area contributed by atoms with Crippen LogP contribution in [0.25, 0.3) is 0 Å². The van der Waals surface area contributed by atoms with Gasteiger partial charge in [0.15, 0.2) is 0 Å². The zero-order valence-electron chi connectivity index (χ0n) is 8.60. The van der Waals surface area contributed by atoms with Gasteiger partial charge in [-0.3, -0.25) is 0 Å². The van der Waals surface area contributed by atoms with E-state index in [-0.39, 0.29) is 5.92 Å². The van der Waals surface area contributed by atoms with Crippen molar-refractivity contribution in [3.63, 3.8) is 0 Å². The predicted octanol–water partition coefficient (Wildman–Crippen LogP) is 4.00. The van der Waals surface area contributed by atoms with Gasteiger partial charge in [-0.15, -0.1) is 0 Å². The van der Waals surface area contributed by atoms with Crippen molar-refractivity contribution >= 4 is 11.6 Å². The summed E-state index contributed by atoms with van der Waals surface area (Å²) in [5.74, 6) is -0.224. The number of halogens is 1. The van der Waals surface area contributed by atoms with Crippen LogP contribution in [0.15, 0.2) is 54.6 Å². The third kappa shape index (κ3) is 2.24. The fourth-order valence-corrected chi connectivity index (χ4v) is 1.77. The molecule has 0 radical (unpaired) electrons. The molecule has 2 rings (SSSR count). The molecule has 2 aromatic rings. The predicted molar refractivity (Wildman–Crippen MR) is 65.4 cm³/mol. The summed E-state index contributed by atoms with van der Waals surface area (Å²) in [4.78, 5) is 0. The van der Waals surface area contributed by atoms with E-state index in [0.717, 1.165) is 11.1 Å². The monoisotopic (exact) mass is 227 g/mol. The minimum Gasteiger partial charge on any atom is -0.197 e. The van der Waals surface area contributed by atoms with Crippen LogP contribution in [0.1, 0.15) is 17.0 Å². The molecule has 0 saturated heterocycles. The van der Waals surface area contributed by atoms with Crippen molar-refractivity contribution in [2.24, 2.45) is 0 Å². The molecule has 0 aliphatic rings. The SMILES string of the molecule is N#C[C@@H](c1ccccc1)c1ccc(Cl)cc1. The fraction of sp³-hybridized carbons (Fsp3) is 0.0714. The summed E-state index contributed by atoms with van der Waals surface area (Å²) in [6.07, 6.45) is 0. The van der Waals surface area contributed by atoms with Gasteiger partial charge in [-0.05, 0) is 23.3 Å². The van der Waals surface area contributed by atoms with Crippen LogP contribution in [0.2, 0.25) is 5.02 Å². The first-order valence-corrected chi connectivity index (χ1v) is 5.39. The maximum atomic E-state index is 9.22. The van der Waals surface area contributed by atoms with Gasteiger partial charge in [0.1, 0.15) is 0 Å².